The van der Waals surface area contributed by atoms with E-state index < -0.39 is 5.41 Å². The SMILES string of the molecule is N#C[C@@]1(C2CC2)CCN(c2ccnc(NC(=O)NC3CCOCC3)c2)C1=O. The van der Waals surface area contributed by atoms with Gasteiger partial charge < -0.3 is 15.0 Å². The predicted molar refractivity (Wildman–Crippen MR) is 98.0 cm³/mol. The molecular formula is C19H23N5O3. The first-order chi connectivity index (χ1) is 13.1. The number of pyridine rings is 1. The van der Waals surface area contributed by atoms with E-state index in [0.717, 1.165) is 25.7 Å². The molecule has 3 fully saturated rings. The summed E-state index contributed by atoms with van der Waals surface area (Å²) >= 11 is 0. The molecule has 0 bridgehead atoms. The van der Waals surface area contributed by atoms with E-state index in [2.05, 4.69) is 21.7 Å². The molecule has 1 aromatic heterocycles. The lowest BCUT2D eigenvalue weighted by Crippen LogP contribution is -2.41. The van der Waals surface area contributed by atoms with Crippen molar-refractivity contribution in [3.63, 3.8) is 0 Å². The van der Waals surface area contributed by atoms with Crippen molar-refractivity contribution in [2.45, 2.75) is 38.1 Å². The molecule has 1 aliphatic carbocycles. The zero-order valence-corrected chi connectivity index (χ0v) is 15.1. The fourth-order valence-corrected chi connectivity index (χ4v) is 3.97. The number of urea groups is 1. The highest BCUT2D eigenvalue weighted by atomic mass is 16.5. The molecule has 0 unspecified atom stereocenters. The summed E-state index contributed by atoms with van der Waals surface area (Å²) in [6.07, 6.45) is 5.60. The summed E-state index contributed by atoms with van der Waals surface area (Å²) < 4.78 is 5.29. The third-order valence-electron chi connectivity index (χ3n) is 5.68. The predicted octanol–water partition coefficient (Wildman–Crippen LogP) is 2.04. The molecule has 142 valence electrons. The summed E-state index contributed by atoms with van der Waals surface area (Å²) in [7, 11) is 0. The topological polar surface area (TPSA) is 107 Å². The molecule has 3 amide bonds. The number of nitriles is 1. The molecule has 1 aromatic rings. The Balaban J connectivity index is 1.43. The fourth-order valence-electron chi connectivity index (χ4n) is 3.97. The molecule has 8 heteroatoms. The van der Waals surface area contributed by atoms with E-state index in [1.165, 1.54) is 0 Å². The zero-order chi connectivity index (χ0) is 18.9. The summed E-state index contributed by atoms with van der Waals surface area (Å²) in [6, 6.07) is 5.48. The third kappa shape index (κ3) is 3.47. The molecule has 27 heavy (non-hydrogen) atoms. The number of nitrogens with one attached hydrogen (secondary N) is 2. The van der Waals surface area contributed by atoms with Crippen molar-refractivity contribution < 1.29 is 14.3 Å². The van der Waals surface area contributed by atoms with E-state index in [1.807, 2.05) is 0 Å². The van der Waals surface area contributed by atoms with Crippen LogP contribution >= 0.6 is 0 Å². The molecule has 1 saturated carbocycles. The second kappa shape index (κ2) is 7.16. The van der Waals surface area contributed by atoms with Crippen LogP contribution in [0.25, 0.3) is 0 Å². The number of carbonyl (C=O) groups excluding carboxylic acids is 2. The first kappa shape index (κ1) is 17.7. The van der Waals surface area contributed by atoms with Crippen LogP contribution in [0.3, 0.4) is 0 Å². The Morgan fingerprint density at radius 1 is 1.33 bits per heavy atom. The van der Waals surface area contributed by atoms with Gasteiger partial charge in [-0.2, -0.15) is 5.26 Å². The first-order valence-corrected chi connectivity index (χ1v) is 9.47. The van der Waals surface area contributed by atoms with Crippen LogP contribution in [0.15, 0.2) is 18.3 Å². The van der Waals surface area contributed by atoms with Crippen LogP contribution in [0.2, 0.25) is 0 Å². The number of hydrogen-bond acceptors (Lipinski definition) is 5. The lowest BCUT2D eigenvalue weighted by molar-refractivity contribution is -0.123. The molecule has 2 aliphatic heterocycles. The van der Waals surface area contributed by atoms with Gasteiger partial charge in [0.25, 0.3) is 0 Å². The number of aromatic nitrogens is 1. The van der Waals surface area contributed by atoms with Crippen molar-refractivity contribution in [2.24, 2.45) is 11.3 Å². The molecule has 1 atom stereocenters. The molecule has 2 saturated heterocycles. The van der Waals surface area contributed by atoms with Crippen molar-refractivity contribution in [3.8, 4) is 6.07 Å². The lowest BCUT2D eigenvalue weighted by atomic mass is 9.83. The number of ether oxygens (including phenoxy) is 1. The average molecular weight is 369 g/mol. The van der Waals surface area contributed by atoms with Crippen molar-refractivity contribution in [1.82, 2.24) is 10.3 Å². The summed E-state index contributed by atoms with van der Waals surface area (Å²) in [6.45, 7) is 1.81. The van der Waals surface area contributed by atoms with Crippen molar-refractivity contribution in [3.05, 3.63) is 18.3 Å². The minimum Gasteiger partial charge on any atom is -0.381 e. The van der Waals surface area contributed by atoms with Crippen molar-refractivity contribution in [2.75, 3.05) is 30.0 Å². The van der Waals surface area contributed by atoms with Gasteiger partial charge in [-0.25, -0.2) is 9.78 Å². The first-order valence-electron chi connectivity index (χ1n) is 9.47. The van der Waals surface area contributed by atoms with Gasteiger partial charge in [0.2, 0.25) is 5.91 Å². The Bertz CT molecular complexity index is 782. The molecule has 3 aliphatic rings. The van der Waals surface area contributed by atoms with Crippen molar-refractivity contribution >= 4 is 23.4 Å². The maximum Gasteiger partial charge on any atom is 0.320 e. The zero-order valence-electron chi connectivity index (χ0n) is 15.1. The molecule has 0 radical (unpaired) electrons. The summed E-state index contributed by atoms with van der Waals surface area (Å²) in [4.78, 5) is 30.9. The van der Waals surface area contributed by atoms with E-state index in [9.17, 15) is 14.9 Å². The second-order valence-electron chi connectivity index (χ2n) is 7.45. The molecule has 0 aromatic carbocycles. The second-order valence-corrected chi connectivity index (χ2v) is 7.45. The van der Waals surface area contributed by atoms with Gasteiger partial charge in [-0.1, -0.05) is 0 Å². The van der Waals surface area contributed by atoms with E-state index in [0.29, 0.717) is 37.7 Å². The van der Waals surface area contributed by atoms with E-state index >= 15 is 0 Å². The summed E-state index contributed by atoms with van der Waals surface area (Å²) in [5.41, 5.74) is -0.216. The maximum atomic E-state index is 12.9. The van der Waals surface area contributed by atoms with Crippen LogP contribution in [0.1, 0.15) is 32.1 Å². The number of rotatable bonds is 4. The van der Waals surface area contributed by atoms with E-state index in [4.69, 9.17) is 4.74 Å². The van der Waals surface area contributed by atoms with Gasteiger partial charge in [0.15, 0.2) is 0 Å². The molecule has 3 heterocycles. The van der Waals surface area contributed by atoms with Crippen LogP contribution in [0, 0.1) is 22.7 Å². The van der Waals surface area contributed by atoms with Crippen LogP contribution in [-0.2, 0) is 9.53 Å². The third-order valence-corrected chi connectivity index (χ3v) is 5.68. The minimum atomic E-state index is -0.878. The van der Waals surface area contributed by atoms with Gasteiger partial charge >= 0.3 is 6.03 Å². The standard InChI is InChI=1S/C19H23N5O3/c20-12-19(13-1-2-13)6-8-24(17(19)25)15-3-7-21-16(11-15)23-18(26)22-14-4-9-27-10-5-14/h3,7,11,13-14H,1-2,4-6,8-10H2,(H2,21,22,23,26)/t19-/m1/s1. The monoisotopic (exact) mass is 369 g/mol. The Kier molecular flexibility index (Phi) is 4.70. The quantitative estimate of drug-likeness (QED) is 0.844. The highest BCUT2D eigenvalue weighted by molar-refractivity contribution is 6.02. The summed E-state index contributed by atoms with van der Waals surface area (Å²) in [5.74, 6) is 0.437. The highest BCUT2D eigenvalue weighted by Crippen LogP contribution is 2.51. The van der Waals surface area contributed by atoms with Gasteiger partial charge in [-0.05, 0) is 44.1 Å². The van der Waals surface area contributed by atoms with Crippen LogP contribution < -0.4 is 15.5 Å². The number of hydrogen-bond donors (Lipinski definition) is 2. The number of anilines is 2. The van der Waals surface area contributed by atoms with Crippen molar-refractivity contribution in [1.29, 1.82) is 5.26 Å². The average Bonchev–Trinajstić information content (AvgIpc) is 3.47. The van der Waals surface area contributed by atoms with Gasteiger partial charge in [-0.3, -0.25) is 10.1 Å². The Labute approximate surface area is 157 Å². The molecule has 2 N–H and O–H groups in total. The van der Waals surface area contributed by atoms with E-state index in [-0.39, 0.29) is 23.9 Å². The van der Waals surface area contributed by atoms with Crippen LogP contribution in [0.5, 0.6) is 0 Å². The maximum absolute atomic E-state index is 12.9. The molecule has 4 rings (SSSR count). The van der Waals surface area contributed by atoms with Gasteiger partial charge in [0.05, 0.1) is 6.07 Å². The van der Waals surface area contributed by atoms with Gasteiger partial charge in [0, 0.05) is 43.8 Å². The Morgan fingerprint density at radius 2 is 2.11 bits per heavy atom. The van der Waals surface area contributed by atoms with Crippen LogP contribution in [0.4, 0.5) is 16.3 Å². The van der Waals surface area contributed by atoms with Gasteiger partial charge in [0.1, 0.15) is 11.2 Å². The van der Waals surface area contributed by atoms with Gasteiger partial charge in [-0.15, -0.1) is 0 Å². The molecular weight excluding hydrogens is 346 g/mol. The lowest BCUT2D eigenvalue weighted by Gasteiger charge is -2.23. The largest absolute Gasteiger partial charge is 0.381 e. The number of amides is 3. The minimum absolute atomic E-state index is 0.0943. The van der Waals surface area contributed by atoms with E-state index in [1.54, 1.807) is 23.2 Å². The Morgan fingerprint density at radius 3 is 2.81 bits per heavy atom. The highest BCUT2D eigenvalue weighted by Gasteiger charge is 2.56. The fraction of sp³-hybridized carbons (Fsp3) is 0.579. The smallest absolute Gasteiger partial charge is 0.320 e. The number of carbonyl (C=O) groups is 2. The van der Waals surface area contributed by atoms with Crippen LogP contribution in [-0.4, -0.2) is 42.7 Å². The summed E-state index contributed by atoms with van der Waals surface area (Å²) in [5, 5.41) is 15.3. The molecule has 0 spiro atoms. The Hall–Kier alpha value is -2.66. The number of nitrogens with zero attached hydrogens (tertiary/aromatic N) is 3. The molecule has 8 nitrogen and oxygen atoms in total. The normalized spacial score (nSPS) is 25.9.